The van der Waals surface area contributed by atoms with Gasteiger partial charge in [-0.1, -0.05) is 11.3 Å². The number of hydrogen-bond donors (Lipinski definition) is 1. The lowest BCUT2D eigenvalue weighted by Crippen LogP contribution is -2.34. The first kappa shape index (κ1) is 11.9. The molecule has 0 aliphatic carbocycles. The predicted molar refractivity (Wildman–Crippen MR) is 59.4 cm³/mol. The fourth-order valence-corrected chi connectivity index (χ4v) is 2.25. The van der Waals surface area contributed by atoms with E-state index in [9.17, 15) is 4.79 Å². The standard InChI is InChI=1S/C9H15N3O2S/c1-4-12(6(2)5-8(13)14)9-11-10-7(3)15-9/h6H,4-5H2,1-3H3,(H,13,14). The van der Waals surface area contributed by atoms with Crippen LogP contribution in [0.15, 0.2) is 0 Å². The molecule has 1 atom stereocenters. The molecule has 1 N–H and O–H groups in total. The number of nitrogens with zero attached hydrogens (tertiary/aromatic N) is 3. The van der Waals surface area contributed by atoms with Gasteiger partial charge in [-0.25, -0.2) is 0 Å². The number of aliphatic carboxylic acids is 1. The molecule has 1 rings (SSSR count). The van der Waals surface area contributed by atoms with E-state index in [2.05, 4.69) is 10.2 Å². The number of aromatic nitrogens is 2. The van der Waals surface area contributed by atoms with Gasteiger partial charge in [-0.15, -0.1) is 10.2 Å². The SMILES string of the molecule is CCN(c1nnc(C)s1)C(C)CC(=O)O. The highest BCUT2D eigenvalue weighted by Crippen LogP contribution is 2.22. The summed E-state index contributed by atoms with van der Waals surface area (Å²) in [6, 6.07) is -0.0557. The average Bonchev–Trinajstić information content (AvgIpc) is 2.51. The zero-order valence-corrected chi connectivity index (χ0v) is 9.91. The molecule has 1 aromatic rings. The average molecular weight is 229 g/mol. The van der Waals surface area contributed by atoms with Crippen LogP contribution < -0.4 is 4.90 Å². The van der Waals surface area contributed by atoms with Gasteiger partial charge in [-0.3, -0.25) is 4.79 Å². The highest BCUT2D eigenvalue weighted by molar-refractivity contribution is 7.15. The van der Waals surface area contributed by atoms with Crippen molar-refractivity contribution in [2.75, 3.05) is 11.4 Å². The van der Waals surface area contributed by atoms with Crippen LogP contribution in [0.25, 0.3) is 0 Å². The molecule has 0 aliphatic rings. The van der Waals surface area contributed by atoms with Crippen LogP contribution in [0.1, 0.15) is 25.3 Å². The largest absolute Gasteiger partial charge is 0.481 e. The summed E-state index contributed by atoms with van der Waals surface area (Å²) in [6.07, 6.45) is 0.118. The quantitative estimate of drug-likeness (QED) is 0.829. The summed E-state index contributed by atoms with van der Waals surface area (Å²) < 4.78 is 0. The summed E-state index contributed by atoms with van der Waals surface area (Å²) in [5.41, 5.74) is 0. The molecule has 1 aromatic heterocycles. The van der Waals surface area contributed by atoms with E-state index in [1.54, 1.807) is 0 Å². The monoisotopic (exact) mass is 229 g/mol. The van der Waals surface area contributed by atoms with E-state index in [-0.39, 0.29) is 12.5 Å². The Hall–Kier alpha value is -1.17. The Kier molecular flexibility index (Phi) is 4.02. The van der Waals surface area contributed by atoms with E-state index in [1.165, 1.54) is 11.3 Å². The minimum atomic E-state index is -0.790. The van der Waals surface area contributed by atoms with Crippen LogP contribution in [0.5, 0.6) is 0 Å². The summed E-state index contributed by atoms with van der Waals surface area (Å²) in [5.74, 6) is -0.790. The van der Waals surface area contributed by atoms with Gasteiger partial charge in [-0.2, -0.15) is 0 Å². The Morgan fingerprint density at radius 1 is 1.60 bits per heavy atom. The van der Waals surface area contributed by atoms with Gasteiger partial charge >= 0.3 is 5.97 Å². The molecule has 0 saturated heterocycles. The maximum Gasteiger partial charge on any atom is 0.305 e. The predicted octanol–water partition coefficient (Wildman–Crippen LogP) is 1.54. The second kappa shape index (κ2) is 5.06. The Balaban J connectivity index is 2.74. The molecule has 1 unspecified atom stereocenters. The number of carboxylic acids is 1. The van der Waals surface area contributed by atoms with Gasteiger partial charge in [0.05, 0.1) is 6.42 Å². The lowest BCUT2D eigenvalue weighted by atomic mass is 10.2. The van der Waals surface area contributed by atoms with Crippen molar-refractivity contribution in [3.63, 3.8) is 0 Å². The highest BCUT2D eigenvalue weighted by Gasteiger charge is 2.18. The molecule has 0 spiro atoms. The summed E-state index contributed by atoms with van der Waals surface area (Å²) >= 11 is 1.49. The third-order valence-corrected chi connectivity index (χ3v) is 2.98. The number of rotatable bonds is 5. The number of aryl methyl sites for hydroxylation is 1. The molecule has 0 aliphatic heterocycles. The molecule has 0 amide bonds. The zero-order chi connectivity index (χ0) is 11.4. The minimum Gasteiger partial charge on any atom is -0.481 e. The van der Waals surface area contributed by atoms with Crippen LogP contribution in [0.3, 0.4) is 0 Å². The minimum absolute atomic E-state index is 0.0557. The van der Waals surface area contributed by atoms with Crippen molar-refractivity contribution in [3.8, 4) is 0 Å². The molecular formula is C9H15N3O2S. The fourth-order valence-electron chi connectivity index (χ4n) is 1.40. The summed E-state index contributed by atoms with van der Waals surface area (Å²) in [6.45, 7) is 6.49. The third-order valence-electron chi connectivity index (χ3n) is 2.10. The van der Waals surface area contributed by atoms with Crippen molar-refractivity contribution in [1.82, 2.24) is 10.2 Å². The lowest BCUT2D eigenvalue weighted by Gasteiger charge is -2.25. The van der Waals surface area contributed by atoms with Crippen molar-refractivity contribution >= 4 is 22.4 Å². The van der Waals surface area contributed by atoms with Gasteiger partial charge in [0, 0.05) is 12.6 Å². The zero-order valence-electron chi connectivity index (χ0n) is 9.10. The molecule has 15 heavy (non-hydrogen) atoms. The second-order valence-electron chi connectivity index (χ2n) is 3.34. The van der Waals surface area contributed by atoms with Crippen LogP contribution in [-0.4, -0.2) is 33.9 Å². The first-order chi connectivity index (χ1) is 7.04. The van der Waals surface area contributed by atoms with Crippen molar-refractivity contribution < 1.29 is 9.90 Å². The van der Waals surface area contributed by atoms with E-state index < -0.39 is 5.97 Å². The normalized spacial score (nSPS) is 12.5. The van der Waals surface area contributed by atoms with Gasteiger partial charge in [0.2, 0.25) is 5.13 Å². The molecule has 1 heterocycles. The Bertz CT molecular complexity index is 340. The molecule has 84 valence electrons. The number of hydrogen-bond acceptors (Lipinski definition) is 5. The molecule has 6 heteroatoms. The van der Waals surface area contributed by atoms with Gasteiger partial charge in [0.15, 0.2) is 0 Å². The lowest BCUT2D eigenvalue weighted by molar-refractivity contribution is -0.137. The molecule has 0 radical (unpaired) electrons. The van der Waals surface area contributed by atoms with E-state index in [0.717, 1.165) is 16.7 Å². The first-order valence-electron chi connectivity index (χ1n) is 4.83. The van der Waals surface area contributed by atoms with E-state index >= 15 is 0 Å². The van der Waals surface area contributed by atoms with Crippen LogP contribution in [0, 0.1) is 6.92 Å². The molecule has 5 nitrogen and oxygen atoms in total. The van der Waals surface area contributed by atoms with Crippen LogP contribution in [0.4, 0.5) is 5.13 Å². The van der Waals surface area contributed by atoms with Crippen molar-refractivity contribution in [2.24, 2.45) is 0 Å². The fraction of sp³-hybridized carbons (Fsp3) is 0.667. The van der Waals surface area contributed by atoms with Crippen molar-refractivity contribution in [3.05, 3.63) is 5.01 Å². The molecule has 0 aromatic carbocycles. The number of carboxylic acid groups (broad SMARTS) is 1. The maximum atomic E-state index is 10.6. The van der Waals surface area contributed by atoms with Crippen molar-refractivity contribution in [2.45, 2.75) is 33.2 Å². The van der Waals surface area contributed by atoms with Crippen molar-refractivity contribution in [1.29, 1.82) is 0 Å². The van der Waals surface area contributed by atoms with E-state index in [1.807, 2.05) is 25.7 Å². The topological polar surface area (TPSA) is 66.3 Å². The maximum absolute atomic E-state index is 10.6. The summed E-state index contributed by atoms with van der Waals surface area (Å²) in [4.78, 5) is 12.6. The van der Waals surface area contributed by atoms with Crippen LogP contribution >= 0.6 is 11.3 Å². The molecule has 0 fully saturated rings. The van der Waals surface area contributed by atoms with Crippen LogP contribution in [-0.2, 0) is 4.79 Å². The highest BCUT2D eigenvalue weighted by atomic mass is 32.1. The first-order valence-corrected chi connectivity index (χ1v) is 5.64. The second-order valence-corrected chi connectivity index (χ2v) is 4.50. The van der Waals surface area contributed by atoms with Gasteiger partial charge < -0.3 is 10.0 Å². The van der Waals surface area contributed by atoms with Gasteiger partial charge in [0.1, 0.15) is 5.01 Å². The number of carbonyl (C=O) groups is 1. The van der Waals surface area contributed by atoms with Crippen LogP contribution in [0.2, 0.25) is 0 Å². The van der Waals surface area contributed by atoms with E-state index in [4.69, 9.17) is 5.11 Å². The Morgan fingerprint density at radius 2 is 2.27 bits per heavy atom. The van der Waals surface area contributed by atoms with E-state index in [0.29, 0.717) is 0 Å². The smallest absolute Gasteiger partial charge is 0.305 e. The Morgan fingerprint density at radius 3 is 2.67 bits per heavy atom. The molecule has 0 bridgehead atoms. The Labute approximate surface area is 92.7 Å². The van der Waals surface area contributed by atoms with Gasteiger partial charge in [0.25, 0.3) is 0 Å². The summed E-state index contributed by atoms with van der Waals surface area (Å²) in [7, 11) is 0. The third kappa shape index (κ3) is 3.16. The number of anilines is 1. The molecular weight excluding hydrogens is 214 g/mol. The summed E-state index contributed by atoms with van der Waals surface area (Å²) in [5, 5.41) is 18.4. The van der Waals surface area contributed by atoms with Gasteiger partial charge in [-0.05, 0) is 20.8 Å². The molecule has 0 saturated carbocycles.